The third-order valence-corrected chi connectivity index (χ3v) is 6.77. The van der Waals surface area contributed by atoms with Gasteiger partial charge in [0.05, 0.1) is 17.9 Å². The minimum absolute atomic E-state index is 0.106. The maximum atomic E-state index is 12.3. The number of aromatic nitrogens is 3. The van der Waals surface area contributed by atoms with Crippen molar-refractivity contribution in [1.29, 1.82) is 0 Å². The van der Waals surface area contributed by atoms with Crippen molar-refractivity contribution in [3.8, 4) is 0 Å². The van der Waals surface area contributed by atoms with Crippen LogP contribution in [0.4, 0.5) is 0 Å². The van der Waals surface area contributed by atoms with Crippen LogP contribution in [0, 0.1) is 12.8 Å². The minimum atomic E-state index is 0.106. The number of carbonyl (C=O) groups excluding carboxylic acids is 1. The van der Waals surface area contributed by atoms with Crippen LogP contribution in [0.15, 0.2) is 6.20 Å². The van der Waals surface area contributed by atoms with Gasteiger partial charge in [0.1, 0.15) is 5.01 Å². The molecule has 4 rings (SSSR count). The van der Waals surface area contributed by atoms with Crippen LogP contribution in [0.25, 0.3) is 0 Å². The van der Waals surface area contributed by atoms with Gasteiger partial charge in [-0.05, 0) is 26.2 Å². The van der Waals surface area contributed by atoms with Crippen LogP contribution < -0.4 is 5.32 Å². The Morgan fingerprint density at radius 2 is 2.20 bits per heavy atom. The molecule has 0 bridgehead atoms. The van der Waals surface area contributed by atoms with E-state index in [-0.39, 0.29) is 17.9 Å². The summed E-state index contributed by atoms with van der Waals surface area (Å²) in [4.78, 5) is 20.4. The standard InChI is InChI=1S/C18H25N5OS/c1-11-13(9-20-23(11)3)18-12(7-17(24)22(18)2)8-19-10-16-21-14-5-4-6-15(14)25-16/h9,12,18-19H,4-8,10H2,1-3H3/t12-,18+/m0/s1. The number of aryl methyl sites for hydroxylation is 3. The Kier molecular flexibility index (Phi) is 4.37. The summed E-state index contributed by atoms with van der Waals surface area (Å²) in [7, 11) is 3.86. The van der Waals surface area contributed by atoms with Gasteiger partial charge in [0.15, 0.2) is 0 Å². The molecule has 1 fully saturated rings. The van der Waals surface area contributed by atoms with E-state index >= 15 is 0 Å². The third kappa shape index (κ3) is 3.00. The summed E-state index contributed by atoms with van der Waals surface area (Å²) >= 11 is 1.84. The summed E-state index contributed by atoms with van der Waals surface area (Å²) in [6.07, 6.45) is 6.09. The lowest BCUT2D eigenvalue weighted by Crippen LogP contribution is -2.29. The van der Waals surface area contributed by atoms with Crippen LogP contribution >= 0.6 is 11.3 Å². The predicted molar refractivity (Wildman–Crippen MR) is 97.4 cm³/mol. The van der Waals surface area contributed by atoms with Crippen molar-refractivity contribution in [2.24, 2.45) is 13.0 Å². The van der Waals surface area contributed by atoms with Crippen molar-refractivity contribution < 1.29 is 4.79 Å². The predicted octanol–water partition coefficient (Wildman–Crippen LogP) is 1.98. The van der Waals surface area contributed by atoms with E-state index in [0.29, 0.717) is 6.42 Å². The lowest BCUT2D eigenvalue weighted by Gasteiger charge is -2.25. The molecule has 2 atom stereocenters. The molecule has 1 N–H and O–H groups in total. The number of rotatable bonds is 5. The van der Waals surface area contributed by atoms with Gasteiger partial charge in [-0.15, -0.1) is 11.3 Å². The van der Waals surface area contributed by atoms with E-state index in [1.165, 1.54) is 28.4 Å². The van der Waals surface area contributed by atoms with Crippen molar-refractivity contribution in [1.82, 2.24) is 25.0 Å². The monoisotopic (exact) mass is 359 g/mol. The van der Waals surface area contributed by atoms with Gasteiger partial charge in [-0.2, -0.15) is 5.10 Å². The number of hydrogen-bond acceptors (Lipinski definition) is 5. The van der Waals surface area contributed by atoms with Gasteiger partial charge in [-0.25, -0.2) is 4.98 Å². The van der Waals surface area contributed by atoms with Gasteiger partial charge < -0.3 is 10.2 Å². The first kappa shape index (κ1) is 16.7. The first-order valence-corrected chi connectivity index (χ1v) is 9.78. The van der Waals surface area contributed by atoms with Gasteiger partial charge in [-0.1, -0.05) is 0 Å². The molecule has 1 saturated heterocycles. The normalized spacial score (nSPS) is 22.8. The summed E-state index contributed by atoms with van der Waals surface area (Å²) in [5.41, 5.74) is 3.60. The second kappa shape index (κ2) is 6.53. The Morgan fingerprint density at radius 3 is 2.92 bits per heavy atom. The molecule has 0 unspecified atom stereocenters. The molecule has 6 nitrogen and oxygen atoms in total. The number of fused-ring (bicyclic) bond motifs is 1. The van der Waals surface area contributed by atoms with Crippen LogP contribution in [0.2, 0.25) is 0 Å². The molecule has 25 heavy (non-hydrogen) atoms. The molecule has 7 heteroatoms. The zero-order chi connectivity index (χ0) is 17.6. The fourth-order valence-corrected chi connectivity index (χ4v) is 5.21. The van der Waals surface area contributed by atoms with Crippen molar-refractivity contribution >= 4 is 17.2 Å². The highest BCUT2D eigenvalue weighted by atomic mass is 32.1. The molecule has 3 heterocycles. The highest BCUT2D eigenvalue weighted by molar-refractivity contribution is 7.11. The Hall–Kier alpha value is -1.73. The Labute approximate surface area is 152 Å². The molecule has 0 saturated carbocycles. The highest BCUT2D eigenvalue weighted by Crippen LogP contribution is 2.38. The Bertz CT molecular complexity index is 774. The van der Waals surface area contributed by atoms with Crippen LogP contribution in [-0.4, -0.2) is 39.2 Å². The van der Waals surface area contributed by atoms with Crippen molar-refractivity contribution in [2.45, 2.75) is 45.2 Å². The zero-order valence-electron chi connectivity index (χ0n) is 15.1. The second-order valence-electron chi connectivity index (χ2n) is 7.18. The fraction of sp³-hybridized carbons (Fsp3) is 0.611. The Morgan fingerprint density at radius 1 is 1.36 bits per heavy atom. The summed E-state index contributed by atoms with van der Waals surface area (Å²) in [5, 5.41) is 9.08. The summed E-state index contributed by atoms with van der Waals surface area (Å²) in [5.74, 6) is 0.487. The third-order valence-electron chi connectivity index (χ3n) is 5.61. The number of amides is 1. The fourth-order valence-electron chi connectivity index (χ4n) is 4.09. The summed E-state index contributed by atoms with van der Waals surface area (Å²) in [6, 6.07) is 0.106. The maximum Gasteiger partial charge on any atom is 0.223 e. The average Bonchev–Trinajstić information content (AvgIpc) is 3.29. The van der Waals surface area contributed by atoms with E-state index in [9.17, 15) is 4.79 Å². The van der Waals surface area contributed by atoms with Gasteiger partial charge >= 0.3 is 0 Å². The lowest BCUT2D eigenvalue weighted by atomic mass is 9.94. The molecule has 2 aromatic rings. The number of likely N-dealkylation sites (tertiary alicyclic amines) is 1. The van der Waals surface area contributed by atoms with Crippen molar-refractivity contribution in [3.63, 3.8) is 0 Å². The maximum absolute atomic E-state index is 12.3. The van der Waals surface area contributed by atoms with Crippen LogP contribution in [0.1, 0.15) is 45.7 Å². The number of nitrogens with one attached hydrogen (secondary N) is 1. The van der Waals surface area contributed by atoms with Gasteiger partial charge in [0.25, 0.3) is 0 Å². The van der Waals surface area contributed by atoms with E-state index in [1.807, 2.05) is 41.2 Å². The summed E-state index contributed by atoms with van der Waals surface area (Å²) < 4.78 is 1.88. The molecule has 1 amide bonds. The summed E-state index contributed by atoms with van der Waals surface area (Å²) in [6.45, 7) is 3.69. The molecular formula is C18H25N5OS. The first-order chi connectivity index (χ1) is 12.0. The lowest BCUT2D eigenvalue weighted by molar-refractivity contribution is -0.127. The van der Waals surface area contributed by atoms with E-state index in [1.54, 1.807) is 0 Å². The molecule has 2 aliphatic rings. The second-order valence-corrected chi connectivity index (χ2v) is 8.35. The van der Waals surface area contributed by atoms with E-state index in [0.717, 1.165) is 30.8 Å². The molecular weight excluding hydrogens is 334 g/mol. The molecule has 134 valence electrons. The van der Waals surface area contributed by atoms with Gasteiger partial charge in [0.2, 0.25) is 5.91 Å². The molecule has 1 aliphatic heterocycles. The molecule has 0 aromatic carbocycles. The average molecular weight is 359 g/mol. The Balaban J connectivity index is 1.43. The topological polar surface area (TPSA) is 63.1 Å². The quantitative estimate of drug-likeness (QED) is 0.887. The number of nitrogens with zero attached hydrogens (tertiary/aromatic N) is 4. The molecule has 0 radical (unpaired) electrons. The highest BCUT2D eigenvalue weighted by Gasteiger charge is 2.39. The van der Waals surface area contributed by atoms with E-state index < -0.39 is 0 Å². The molecule has 2 aromatic heterocycles. The SMILES string of the molecule is Cc1c([C@H]2[C@H](CNCc3nc4c(s3)CCC4)CC(=O)N2C)cnn1C. The van der Waals surface area contributed by atoms with E-state index in [4.69, 9.17) is 4.98 Å². The molecule has 0 spiro atoms. The smallest absolute Gasteiger partial charge is 0.223 e. The minimum Gasteiger partial charge on any atom is -0.338 e. The number of hydrogen-bond donors (Lipinski definition) is 1. The van der Waals surface area contributed by atoms with Gasteiger partial charge in [0, 0.05) is 55.7 Å². The van der Waals surface area contributed by atoms with Crippen LogP contribution in [0.3, 0.4) is 0 Å². The zero-order valence-corrected chi connectivity index (χ0v) is 15.9. The van der Waals surface area contributed by atoms with E-state index in [2.05, 4.69) is 17.3 Å². The van der Waals surface area contributed by atoms with Gasteiger partial charge in [-0.3, -0.25) is 9.48 Å². The number of thiazole rings is 1. The largest absolute Gasteiger partial charge is 0.338 e. The van der Waals surface area contributed by atoms with Crippen molar-refractivity contribution in [2.75, 3.05) is 13.6 Å². The molecule has 1 aliphatic carbocycles. The van der Waals surface area contributed by atoms with Crippen molar-refractivity contribution in [3.05, 3.63) is 33.0 Å². The van der Waals surface area contributed by atoms with Crippen LogP contribution in [0.5, 0.6) is 0 Å². The first-order valence-electron chi connectivity index (χ1n) is 8.97. The van der Waals surface area contributed by atoms with Crippen LogP contribution in [-0.2, 0) is 31.2 Å². The number of carbonyl (C=O) groups is 1.